The predicted molar refractivity (Wildman–Crippen MR) is 130 cm³/mol. The zero-order chi connectivity index (χ0) is 25.6. The summed E-state index contributed by atoms with van der Waals surface area (Å²) in [4.78, 5) is 23.3. The summed E-state index contributed by atoms with van der Waals surface area (Å²) >= 11 is 0. The molecule has 0 saturated carbocycles. The van der Waals surface area contributed by atoms with Gasteiger partial charge in [0.15, 0.2) is 0 Å². The number of hydrogen-bond acceptors (Lipinski definition) is 7. The topological polar surface area (TPSA) is 128 Å². The van der Waals surface area contributed by atoms with Gasteiger partial charge in [0.25, 0.3) is 15.7 Å². The lowest BCUT2D eigenvalue weighted by atomic mass is 10.2. The number of aryl methyl sites for hydroxylation is 1. The van der Waals surface area contributed by atoms with Crippen molar-refractivity contribution >= 4 is 27.3 Å². The number of para-hydroxylation sites is 1. The average Bonchev–Trinajstić information content (AvgIpc) is 2.86. The second-order valence-electron chi connectivity index (χ2n) is 7.50. The van der Waals surface area contributed by atoms with E-state index < -0.39 is 27.4 Å². The van der Waals surface area contributed by atoms with E-state index in [1.165, 1.54) is 45.4 Å². The van der Waals surface area contributed by atoms with Crippen molar-refractivity contribution in [2.45, 2.75) is 18.4 Å². The molecule has 0 heterocycles. The van der Waals surface area contributed by atoms with Crippen LogP contribution in [0, 0.1) is 17.0 Å². The lowest BCUT2D eigenvalue weighted by Gasteiger charge is -2.24. The van der Waals surface area contributed by atoms with Crippen LogP contribution >= 0.6 is 0 Å². The number of hydrogen-bond donors (Lipinski definition) is 1. The number of nitrogens with one attached hydrogen (secondary N) is 1. The zero-order valence-corrected chi connectivity index (χ0v) is 20.2. The second-order valence-corrected chi connectivity index (χ2v) is 9.37. The summed E-state index contributed by atoms with van der Waals surface area (Å²) in [5.41, 5.74) is 0.902. The molecule has 0 aliphatic carbocycles. The van der Waals surface area contributed by atoms with Gasteiger partial charge >= 0.3 is 0 Å². The number of nitro groups is 1. The summed E-state index contributed by atoms with van der Waals surface area (Å²) in [5, 5.41) is 14.1. The Morgan fingerprint density at radius 2 is 1.71 bits per heavy atom. The molecule has 0 aliphatic rings. The fourth-order valence-electron chi connectivity index (χ4n) is 3.37. The lowest BCUT2D eigenvalue weighted by molar-refractivity contribution is -0.385. The first-order valence-corrected chi connectivity index (χ1v) is 11.9. The Bertz CT molecular complexity index is 1330. The zero-order valence-electron chi connectivity index (χ0n) is 19.4. The normalized spacial score (nSPS) is 10.9. The molecular formula is C24H25N3O7S. The van der Waals surface area contributed by atoms with Crippen LogP contribution in [0.2, 0.25) is 0 Å². The molecule has 0 saturated heterocycles. The maximum Gasteiger partial charge on any atom is 0.273 e. The number of amides is 1. The summed E-state index contributed by atoms with van der Waals surface area (Å²) in [6.45, 7) is 1.09. The quantitative estimate of drug-likeness (QED) is 0.334. The molecule has 3 aromatic rings. The maximum absolute atomic E-state index is 13.6. The minimum absolute atomic E-state index is 0.120. The number of nitrogens with zero attached hydrogens (tertiary/aromatic N) is 2. The van der Waals surface area contributed by atoms with E-state index in [0.717, 1.165) is 15.9 Å². The molecule has 184 valence electrons. The summed E-state index contributed by atoms with van der Waals surface area (Å²) in [6.07, 6.45) is 0. The van der Waals surface area contributed by atoms with Crippen LogP contribution in [0.3, 0.4) is 0 Å². The van der Waals surface area contributed by atoms with Gasteiger partial charge in [-0.25, -0.2) is 8.42 Å². The van der Waals surface area contributed by atoms with Crippen molar-refractivity contribution in [3.63, 3.8) is 0 Å². The highest BCUT2D eigenvalue weighted by atomic mass is 32.2. The molecule has 0 atom stereocenters. The van der Waals surface area contributed by atoms with Crippen LogP contribution in [-0.4, -0.2) is 40.0 Å². The van der Waals surface area contributed by atoms with E-state index in [-0.39, 0.29) is 22.8 Å². The number of carbonyl (C=O) groups excluding carboxylic acids is 1. The number of sulfonamides is 1. The number of methoxy groups -OCH3 is 2. The fraction of sp³-hybridized carbons (Fsp3) is 0.208. The van der Waals surface area contributed by atoms with E-state index in [1.807, 2.05) is 0 Å². The molecule has 10 nitrogen and oxygen atoms in total. The van der Waals surface area contributed by atoms with Crippen LogP contribution in [0.15, 0.2) is 71.6 Å². The Kier molecular flexibility index (Phi) is 7.92. The minimum Gasteiger partial charge on any atom is -0.497 e. The Morgan fingerprint density at radius 3 is 2.34 bits per heavy atom. The van der Waals surface area contributed by atoms with E-state index in [1.54, 1.807) is 36.4 Å². The molecule has 0 bridgehead atoms. The molecule has 0 radical (unpaired) electrons. The number of ether oxygens (including phenoxy) is 2. The molecule has 0 unspecified atom stereocenters. The molecule has 0 aromatic heterocycles. The third kappa shape index (κ3) is 5.87. The number of nitro benzene ring substituents is 1. The van der Waals surface area contributed by atoms with Gasteiger partial charge in [-0.2, -0.15) is 0 Å². The molecule has 0 fully saturated rings. The molecule has 0 aliphatic heterocycles. The van der Waals surface area contributed by atoms with Crippen molar-refractivity contribution in [1.29, 1.82) is 0 Å². The van der Waals surface area contributed by atoms with Crippen LogP contribution in [-0.2, 0) is 21.4 Å². The second kappa shape index (κ2) is 10.9. The molecule has 3 rings (SSSR count). The van der Waals surface area contributed by atoms with E-state index in [0.29, 0.717) is 17.1 Å². The third-order valence-electron chi connectivity index (χ3n) is 5.28. The van der Waals surface area contributed by atoms with Crippen LogP contribution in [0.5, 0.6) is 11.5 Å². The van der Waals surface area contributed by atoms with Crippen molar-refractivity contribution in [2.75, 3.05) is 25.1 Å². The van der Waals surface area contributed by atoms with Gasteiger partial charge in [-0.05, 0) is 43.3 Å². The Hall–Kier alpha value is -4.12. The molecule has 35 heavy (non-hydrogen) atoms. The van der Waals surface area contributed by atoms with Crippen LogP contribution in [0.25, 0.3) is 0 Å². The SMILES string of the molecule is COc1ccc(N(CC(=O)NCc2ccccc2OC)S(=O)(=O)c2ccc(C)c([N+](=O)[O-])c2)cc1. The Labute approximate surface area is 203 Å². The maximum atomic E-state index is 13.6. The highest BCUT2D eigenvalue weighted by molar-refractivity contribution is 7.92. The number of carbonyl (C=O) groups is 1. The highest BCUT2D eigenvalue weighted by Crippen LogP contribution is 2.29. The number of benzene rings is 3. The van der Waals surface area contributed by atoms with Gasteiger partial charge in [-0.1, -0.05) is 24.3 Å². The molecular weight excluding hydrogens is 474 g/mol. The van der Waals surface area contributed by atoms with Crippen LogP contribution in [0.1, 0.15) is 11.1 Å². The largest absolute Gasteiger partial charge is 0.497 e. The summed E-state index contributed by atoms with van der Waals surface area (Å²) < 4.78 is 38.4. The van der Waals surface area contributed by atoms with Gasteiger partial charge in [0.2, 0.25) is 5.91 Å². The van der Waals surface area contributed by atoms with E-state index >= 15 is 0 Å². The van der Waals surface area contributed by atoms with Gasteiger partial charge in [-0.3, -0.25) is 19.2 Å². The summed E-state index contributed by atoms with van der Waals surface area (Å²) in [7, 11) is -1.35. The number of rotatable bonds is 10. The van der Waals surface area contributed by atoms with Crippen molar-refractivity contribution in [3.8, 4) is 11.5 Å². The first kappa shape index (κ1) is 25.5. The fourth-order valence-corrected chi connectivity index (χ4v) is 4.81. The van der Waals surface area contributed by atoms with Crippen LogP contribution in [0.4, 0.5) is 11.4 Å². The smallest absolute Gasteiger partial charge is 0.273 e. The third-order valence-corrected chi connectivity index (χ3v) is 7.05. The van der Waals surface area contributed by atoms with E-state index in [9.17, 15) is 23.3 Å². The summed E-state index contributed by atoms with van der Waals surface area (Å²) in [5.74, 6) is 0.508. The van der Waals surface area contributed by atoms with E-state index in [4.69, 9.17) is 9.47 Å². The first-order valence-electron chi connectivity index (χ1n) is 10.5. The predicted octanol–water partition coefficient (Wildman–Crippen LogP) is 3.43. The molecule has 0 spiro atoms. The van der Waals surface area contributed by atoms with Crippen molar-refractivity contribution < 1.29 is 27.6 Å². The van der Waals surface area contributed by atoms with Gasteiger partial charge < -0.3 is 14.8 Å². The Balaban J connectivity index is 1.94. The average molecular weight is 500 g/mol. The minimum atomic E-state index is -4.33. The summed E-state index contributed by atoms with van der Waals surface area (Å²) in [6, 6.07) is 16.9. The Morgan fingerprint density at radius 1 is 1.03 bits per heavy atom. The van der Waals surface area contributed by atoms with Crippen LogP contribution < -0.4 is 19.1 Å². The lowest BCUT2D eigenvalue weighted by Crippen LogP contribution is -2.40. The van der Waals surface area contributed by atoms with Crippen molar-refractivity contribution in [2.24, 2.45) is 0 Å². The number of anilines is 1. The van der Waals surface area contributed by atoms with Gasteiger partial charge in [0.05, 0.1) is 29.7 Å². The first-order chi connectivity index (χ1) is 16.7. The molecule has 1 amide bonds. The van der Waals surface area contributed by atoms with E-state index in [2.05, 4.69) is 5.32 Å². The van der Waals surface area contributed by atoms with Gasteiger partial charge in [-0.15, -0.1) is 0 Å². The van der Waals surface area contributed by atoms with Crippen molar-refractivity contribution in [1.82, 2.24) is 5.32 Å². The molecule has 1 N–H and O–H groups in total. The van der Waals surface area contributed by atoms with Gasteiger partial charge in [0, 0.05) is 23.7 Å². The standard InChI is InChI=1S/C24H25N3O7S/c1-17-8-13-21(14-22(17)27(29)30)35(31,32)26(19-9-11-20(33-2)12-10-19)16-24(28)25-15-18-6-4-5-7-23(18)34-3/h4-14H,15-16H2,1-3H3,(H,25,28). The van der Waals surface area contributed by atoms with Gasteiger partial charge in [0.1, 0.15) is 18.0 Å². The molecule has 11 heteroatoms. The van der Waals surface area contributed by atoms with Crippen molar-refractivity contribution in [3.05, 3.63) is 88.0 Å². The highest BCUT2D eigenvalue weighted by Gasteiger charge is 2.29. The molecule has 3 aromatic carbocycles. The monoisotopic (exact) mass is 499 g/mol.